The van der Waals surface area contributed by atoms with Crippen LogP contribution in [0.3, 0.4) is 0 Å². The number of carbonyl (C=O) groups excluding carboxylic acids is 1. The summed E-state index contributed by atoms with van der Waals surface area (Å²) < 4.78 is 0. The molecule has 0 aliphatic heterocycles. The molecular weight excluding hydrogens is 140 g/mol. The van der Waals surface area contributed by atoms with Gasteiger partial charge < -0.3 is 5.11 Å². The van der Waals surface area contributed by atoms with Gasteiger partial charge in [-0.3, -0.25) is 4.79 Å². The molecule has 0 bridgehead atoms. The van der Waals surface area contributed by atoms with Crippen molar-refractivity contribution in [1.29, 1.82) is 0 Å². The Labute approximate surface area is 66.2 Å². The van der Waals surface area contributed by atoms with Crippen molar-refractivity contribution < 1.29 is 9.90 Å². The molecule has 2 nitrogen and oxygen atoms in total. The minimum Gasteiger partial charge on any atom is -0.385 e. The van der Waals surface area contributed by atoms with Crippen LogP contribution in [0.1, 0.15) is 13.3 Å². The van der Waals surface area contributed by atoms with Crippen LogP contribution in [0.4, 0.5) is 0 Å². The van der Waals surface area contributed by atoms with Gasteiger partial charge in [-0.05, 0) is 25.5 Å². The minimum absolute atomic E-state index is 0.00472. The highest BCUT2D eigenvalue weighted by molar-refractivity contribution is 5.95. The molecular formula is C9H12O2. The van der Waals surface area contributed by atoms with Crippen LogP contribution in [0.2, 0.25) is 0 Å². The zero-order chi connectivity index (χ0) is 8.48. The van der Waals surface area contributed by atoms with E-state index in [4.69, 9.17) is 0 Å². The Morgan fingerprint density at radius 3 is 2.91 bits per heavy atom. The Hall–Kier alpha value is -0.890. The first-order chi connectivity index (χ1) is 5.08. The number of hydrogen-bond acceptors (Lipinski definition) is 2. The van der Waals surface area contributed by atoms with Crippen molar-refractivity contribution in [2.75, 3.05) is 0 Å². The maximum absolute atomic E-state index is 11.1. The third-order valence-electron chi connectivity index (χ3n) is 2.04. The van der Waals surface area contributed by atoms with E-state index in [1.165, 1.54) is 6.08 Å². The quantitative estimate of drug-likeness (QED) is 0.601. The van der Waals surface area contributed by atoms with Gasteiger partial charge >= 0.3 is 0 Å². The number of aliphatic hydroxyl groups is 1. The van der Waals surface area contributed by atoms with E-state index in [-0.39, 0.29) is 11.7 Å². The fourth-order valence-electron chi connectivity index (χ4n) is 1.29. The molecule has 0 aromatic rings. The predicted octanol–water partition coefficient (Wildman–Crippen LogP) is 1.07. The molecule has 0 radical (unpaired) electrons. The third kappa shape index (κ3) is 1.40. The van der Waals surface area contributed by atoms with Crippen molar-refractivity contribution in [2.45, 2.75) is 18.9 Å². The molecule has 0 saturated heterocycles. The van der Waals surface area contributed by atoms with Gasteiger partial charge in [-0.25, -0.2) is 0 Å². The van der Waals surface area contributed by atoms with Crippen LogP contribution in [0, 0.1) is 5.92 Å². The first kappa shape index (κ1) is 8.21. The molecule has 2 heteroatoms. The Morgan fingerprint density at radius 1 is 1.91 bits per heavy atom. The van der Waals surface area contributed by atoms with Crippen molar-refractivity contribution in [3.8, 4) is 0 Å². The van der Waals surface area contributed by atoms with Crippen LogP contribution in [0.25, 0.3) is 0 Å². The molecule has 0 aromatic carbocycles. The summed E-state index contributed by atoms with van der Waals surface area (Å²) in [5, 5.41) is 9.60. The number of allylic oxidation sites excluding steroid dienone is 2. The summed E-state index contributed by atoms with van der Waals surface area (Å²) in [6.07, 6.45) is 5.18. The van der Waals surface area contributed by atoms with Crippen LogP contribution >= 0.6 is 0 Å². The summed E-state index contributed by atoms with van der Waals surface area (Å²) in [7, 11) is 0. The summed E-state index contributed by atoms with van der Waals surface area (Å²) in [6.45, 7) is 5.17. The van der Waals surface area contributed by atoms with Gasteiger partial charge in [0.1, 0.15) is 0 Å². The third-order valence-corrected chi connectivity index (χ3v) is 2.04. The second-order valence-corrected chi connectivity index (χ2v) is 3.04. The van der Waals surface area contributed by atoms with Crippen LogP contribution in [-0.2, 0) is 4.79 Å². The van der Waals surface area contributed by atoms with Gasteiger partial charge in [-0.2, -0.15) is 0 Å². The van der Waals surface area contributed by atoms with Crippen molar-refractivity contribution in [2.24, 2.45) is 5.92 Å². The summed E-state index contributed by atoms with van der Waals surface area (Å²) in [4.78, 5) is 11.1. The van der Waals surface area contributed by atoms with Gasteiger partial charge in [-0.1, -0.05) is 6.08 Å². The van der Waals surface area contributed by atoms with Gasteiger partial charge in [0.15, 0.2) is 5.78 Å². The van der Waals surface area contributed by atoms with Crippen LogP contribution in [0.5, 0.6) is 0 Å². The van der Waals surface area contributed by atoms with Gasteiger partial charge in [0, 0.05) is 0 Å². The van der Waals surface area contributed by atoms with Gasteiger partial charge in [-0.15, -0.1) is 6.58 Å². The lowest BCUT2D eigenvalue weighted by Gasteiger charge is -2.21. The van der Waals surface area contributed by atoms with Crippen LogP contribution in [-0.4, -0.2) is 16.5 Å². The monoisotopic (exact) mass is 152 g/mol. The molecule has 2 atom stereocenters. The zero-order valence-corrected chi connectivity index (χ0v) is 6.58. The van der Waals surface area contributed by atoms with Crippen molar-refractivity contribution >= 4 is 5.78 Å². The van der Waals surface area contributed by atoms with Gasteiger partial charge in [0.2, 0.25) is 0 Å². The lowest BCUT2D eigenvalue weighted by atomic mass is 9.89. The number of carbonyl (C=O) groups is 1. The molecule has 0 fully saturated rings. The SMILES string of the molecule is C=CCC1C(=O)C=CC1(C)O. The van der Waals surface area contributed by atoms with E-state index >= 15 is 0 Å². The lowest BCUT2D eigenvalue weighted by Crippen LogP contribution is -2.31. The van der Waals surface area contributed by atoms with E-state index in [2.05, 4.69) is 6.58 Å². The van der Waals surface area contributed by atoms with Gasteiger partial charge in [0.05, 0.1) is 11.5 Å². The van der Waals surface area contributed by atoms with E-state index in [9.17, 15) is 9.90 Å². The highest BCUT2D eigenvalue weighted by atomic mass is 16.3. The van der Waals surface area contributed by atoms with E-state index in [0.717, 1.165) is 0 Å². The molecule has 0 spiro atoms. The molecule has 1 rings (SSSR count). The molecule has 1 N–H and O–H groups in total. The van der Waals surface area contributed by atoms with Crippen molar-refractivity contribution in [3.05, 3.63) is 24.8 Å². The summed E-state index contributed by atoms with van der Waals surface area (Å²) in [5.41, 5.74) is -0.967. The van der Waals surface area contributed by atoms with E-state index in [1.807, 2.05) is 0 Å². The molecule has 11 heavy (non-hydrogen) atoms. The standard InChI is InChI=1S/C9H12O2/c1-3-4-7-8(10)5-6-9(7,2)11/h3,5-7,11H,1,4H2,2H3. The van der Waals surface area contributed by atoms with Crippen molar-refractivity contribution in [1.82, 2.24) is 0 Å². The molecule has 60 valence electrons. The second kappa shape index (κ2) is 2.62. The number of hydrogen-bond donors (Lipinski definition) is 1. The molecule has 2 unspecified atom stereocenters. The average Bonchev–Trinajstić information content (AvgIpc) is 2.16. The summed E-state index contributed by atoms with van der Waals surface area (Å²) in [5.74, 6) is -0.324. The number of ketones is 1. The maximum Gasteiger partial charge on any atom is 0.162 e. The largest absolute Gasteiger partial charge is 0.385 e. The lowest BCUT2D eigenvalue weighted by molar-refractivity contribution is -0.121. The molecule has 1 aliphatic rings. The number of rotatable bonds is 2. The molecule has 0 amide bonds. The normalized spacial score (nSPS) is 36.2. The maximum atomic E-state index is 11.1. The summed E-state index contributed by atoms with van der Waals surface area (Å²) in [6, 6.07) is 0. The fourth-order valence-corrected chi connectivity index (χ4v) is 1.29. The highest BCUT2D eigenvalue weighted by Crippen LogP contribution is 2.29. The smallest absolute Gasteiger partial charge is 0.162 e. The highest BCUT2D eigenvalue weighted by Gasteiger charge is 2.37. The fraction of sp³-hybridized carbons (Fsp3) is 0.444. The zero-order valence-electron chi connectivity index (χ0n) is 6.58. The average molecular weight is 152 g/mol. The molecule has 0 saturated carbocycles. The molecule has 1 aliphatic carbocycles. The second-order valence-electron chi connectivity index (χ2n) is 3.04. The predicted molar refractivity (Wildman–Crippen MR) is 43.1 cm³/mol. The van der Waals surface area contributed by atoms with E-state index in [0.29, 0.717) is 6.42 Å². The Balaban J connectivity index is 2.78. The Kier molecular flexibility index (Phi) is 1.96. The molecule has 0 aromatic heterocycles. The molecule has 0 heterocycles. The van der Waals surface area contributed by atoms with Crippen molar-refractivity contribution in [3.63, 3.8) is 0 Å². The van der Waals surface area contributed by atoms with E-state index < -0.39 is 5.60 Å². The minimum atomic E-state index is -0.967. The van der Waals surface area contributed by atoms with E-state index in [1.54, 1.807) is 19.1 Å². The topological polar surface area (TPSA) is 37.3 Å². The van der Waals surface area contributed by atoms with Crippen LogP contribution < -0.4 is 0 Å². The first-order valence-electron chi connectivity index (χ1n) is 3.64. The summed E-state index contributed by atoms with van der Waals surface area (Å²) >= 11 is 0. The Morgan fingerprint density at radius 2 is 2.55 bits per heavy atom. The first-order valence-corrected chi connectivity index (χ1v) is 3.64. The van der Waals surface area contributed by atoms with Crippen LogP contribution in [0.15, 0.2) is 24.8 Å². The Bertz CT molecular complexity index is 214. The van der Waals surface area contributed by atoms with Gasteiger partial charge in [0.25, 0.3) is 0 Å².